The van der Waals surface area contributed by atoms with Gasteiger partial charge in [-0.1, -0.05) is 47.7 Å². The summed E-state index contributed by atoms with van der Waals surface area (Å²) in [7, 11) is -13.2. The normalized spacial score (nSPS) is 14.9. The van der Waals surface area contributed by atoms with E-state index in [1.165, 1.54) is 48.5 Å². The number of azo groups is 1. The summed E-state index contributed by atoms with van der Waals surface area (Å²) in [6.45, 7) is 0.283. The van der Waals surface area contributed by atoms with Crippen LogP contribution in [0.1, 0.15) is 0 Å². The van der Waals surface area contributed by atoms with Gasteiger partial charge in [0.2, 0.25) is 10.0 Å². The molecule has 0 atom stereocenters. The first kappa shape index (κ1) is 34.9. The molecular formula is C26H22ClKN4O9S3. The van der Waals surface area contributed by atoms with Crippen molar-refractivity contribution in [3.63, 3.8) is 0 Å². The first-order valence-electron chi connectivity index (χ1n) is 12.4. The molecule has 1 heterocycles. The van der Waals surface area contributed by atoms with Gasteiger partial charge in [0.1, 0.15) is 4.90 Å². The molecule has 0 aliphatic carbocycles. The Bertz CT molecular complexity index is 2080. The van der Waals surface area contributed by atoms with Gasteiger partial charge in [-0.3, -0.25) is 9.27 Å². The van der Waals surface area contributed by atoms with E-state index in [0.717, 1.165) is 22.5 Å². The Morgan fingerprint density at radius 2 is 1.55 bits per heavy atom. The van der Waals surface area contributed by atoms with Crippen LogP contribution in [0.25, 0.3) is 10.8 Å². The zero-order chi connectivity index (χ0) is 31.0. The number of ether oxygens (including phenoxy) is 1. The number of morpholine rings is 1. The molecule has 0 aromatic heterocycles. The molecule has 1 saturated heterocycles. The maximum atomic E-state index is 13.6. The molecule has 0 unspecified atom stereocenters. The van der Waals surface area contributed by atoms with Crippen LogP contribution in [-0.4, -0.2) is 60.4 Å². The molecule has 0 spiro atoms. The monoisotopic (exact) mass is 704 g/mol. The van der Waals surface area contributed by atoms with E-state index < -0.39 is 45.7 Å². The number of nitrogens with zero attached hydrogens (tertiary/aromatic N) is 3. The molecule has 4 aromatic carbocycles. The summed E-state index contributed by atoms with van der Waals surface area (Å²) < 4.78 is 95.1. The van der Waals surface area contributed by atoms with Crippen molar-refractivity contribution in [1.29, 1.82) is 0 Å². The van der Waals surface area contributed by atoms with Crippen LogP contribution < -0.4 is 61.2 Å². The van der Waals surface area contributed by atoms with Crippen molar-refractivity contribution < 1.29 is 91.0 Å². The van der Waals surface area contributed by atoms with Gasteiger partial charge in [-0.15, -0.1) is 5.11 Å². The third-order valence-electron chi connectivity index (χ3n) is 6.41. The molecule has 0 saturated carbocycles. The molecule has 13 nitrogen and oxygen atoms in total. The Morgan fingerprint density at radius 3 is 2.20 bits per heavy atom. The molecule has 0 radical (unpaired) electrons. The number of anilines is 1. The molecule has 226 valence electrons. The van der Waals surface area contributed by atoms with Crippen molar-refractivity contribution in [3.8, 4) is 5.75 Å². The predicted molar refractivity (Wildman–Crippen MR) is 156 cm³/mol. The van der Waals surface area contributed by atoms with Gasteiger partial charge in [-0.25, -0.2) is 16.8 Å². The summed E-state index contributed by atoms with van der Waals surface area (Å²) in [5, 5.41) is 21.2. The first-order valence-corrected chi connectivity index (χ1v) is 17.1. The summed E-state index contributed by atoms with van der Waals surface area (Å²) in [6.07, 6.45) is 0. The number of benzene rings is 4. The van der Waals surface area contributed by atoms with Crippen LogP contribution in [0.3, 0.4) is 0 Å². The SMILES string of the molecule is O=S(=O)(O)c1cc(N=Nc2cc(S(=O)(=O)N3CCOCC3)c([O-])c3cccc(NS(=O)(=O)c4ccccc4)c23)ccc1Cl.[K+]. The number of nitrogens with one attached hydrogen (secondary N) is 1. The molecule has 44 heavy (non-hydrogen) atoms. The van der Waals surface area contributed by atoms with Crippen molar-refractivity contribution in [3.05, 3.63) is 77.8 Å². The van der Waals surface area contributed by atoms with E-state index in [1.54, 1.807) is 6.07 Å². The number of halogens is 1. The van der Waals surface area contributed by atoms with Crippen molar-refractivity contribution in [2.24, 2.45) is 10.2 Å². The van der Waals surface area contributed by atoms with E-state index in [-0.39, 0.29) is 115 Å². The Kier molecular flexibility index (Phi) is 10.9. The van der Waals surface area contributed by atoms with E-state index in [2.05, 4.69) is 15.0 Å². The Hall–Kier alpha value is -2.00. The van der Waals surface area contributed by atoms with Gasteiger partial charge in [0.25, 0.3) is 20.1 Å². The smallest absolute Gasteiger partial charge is 0.871 e. The average Bonchev–Trinajstić information content (AvgIpc) is 2.98. The summed E-state index contributed by atoms with van der Waals surface area (Å²) in [5.41, 5.74) is -0.398. The zero-order valence-electron chi connectivity index (χ0n) is 22.9. The summed E-state index contributed by atoms with van der Waals surface area (Å²) in [4.78, 5) is -1.33. The third-order valence-corrected chi connectivity index (χ3v) is 11.0. The van der Waals surface area contributed by atoms with Crippen LogP contribution in [-0.2, 0) is 34.9 Å². The van der Waals surface area contributed by atoms with E-state index in [4.69, 9.17) is 16.3 Å². The first-order chi connectivity index (χ1) is 20.3. The van der Waals surface area contributed by atoms with E-state index in [9.17, 15) is 34.9 Å². The standard InChI is InChI=1S/C26H23ClN4O9S3.K/c27-20-10-9-17(15-23(20)43(37,38)39)28-29-22-16-24(42(35,36)31-11-13-40-14-12-31)26(32)19-7-4-8-21(25(19)22)30-41(33,34)18-5-2-1-3-6-18;/h1-10,15-16,30,32H,11-14H2,(H,37,38,39);/q;+1/p-1. The van der Waals surface area contributed by atoms with Crippen LogP contribution in [0, 0.1) is 0 Å². The zero-order valence-corrected chi connectivity index (χ0v) is 29.2. The van der Waals surface area contributed by atoms with Gasteiger partial charge in [0, 0.05) is 18.5 Å². The van der Waals surface area contributed by atoms with E-state index in [1.807, 2.05) is 0 Å². The summed E-state index contributed by atoms with van der Waals surface area (Å²) in [6, 6.07) is 15.9. The summed E-state index contributed by atoms with van der Waals surface area (Å²) in [5.74, 6) is -0.888. The Labute approximate surface area is 301 Å². The van der Waals surface area contributed by atoms with Crippen molar-refractivity contribution in [2.75, 3.05) is 31.0 Å². The van der Waals surface area contributed by atoms with Crippen molar-refractivity contribution >= 4 is 69.6 Å². The van der Waals surface area contributed by atoms with E-state index in [0.29, 0.717) is 0 Å². The number of hydrogen-bond acceptors (Lipinski definition) is 10. The second kappa shape index (κ2) is 13.8. The minimum atomic E-state index is -4.72. The third kappa shape index (κ3) is 7.35. The largest absolute Gasteiger partial charge is 1.00 e. The van der Waals surface area contributed by atoms with Gasteiger partial charge < -0.3 is 9.84 Å². The van der Waals surface area contributed by atoms with Crippen LogP contribution in [0.5, 0.6) is 5.75 Å². The van der Waals surface area contributed by atoms with Crippen LogP contribution >= 0.6 is 11.6 Å². The van der Waals surface area contributed by atoms with Crippen molar-refractivity contribution in [2.45, 2.75) is 14.7 Å². The predicted octanol–water partition coefficient (Wildman–Crippen LogP) is 1.05. The summed E-state index contributed by atoms with van der Waals surface area (Å²) >= 11 is 5.88. The van der Waals surface area contributed by atoms with Gasteiger partial charge in [0.05, 0.1) is 45.1 Å². The Balaban J connectivity index is 0.00000442. The molecule has 1 fully saturated rings. The average molecular weight is 705 g/mol. The van der Waals surface area contributed by atoms with Crippen LogP contribution in [0.2, 0.25) is 5.02 Å². The molecular weight excluding hydrogens is 683 g/mol. The van der Waals surface area contributed by atoms with E-state index >= 15 is 0 Å². The maximum absolute atomic E-state index is 13.6. The number of rotatable bonds is 8. The fraction of sp³-hybridized carbons (Fsp3) is 0.154. The molecule has 18 heteroatoms. The number of hydrogen-bond donors (Lipinski definition) is 2. The molecule has 4 aromatic rings. The minimum absolute atomic E-state index is 0. The Morgan fingerprint density at radius 1 is 0.864 bits per heavy atom. The van der Waals surface area contributed by atoms with Gasteiger partial charge >= 0.3 is 51.4 Å². The van der Waals surface area contributed by atoms with Gasteiger partial charge in [-0.05, 0) is 47.9 Å². The van der Waals surface area contributed by atoms with Gasteiger partial charge in [0.15, 0.2) is 0 Å². The quantitative estimate of drug-likeness (QED) is 0.153. The van der Waals surface area contributed by atoms with Gasteiger partial charge in [-0.2, -0.15) is 17.8 Å². The molecule has 0 amide bonds. The fourth-order valence-corrected chi connectivity index (χ4v) is 7.96. The topological polar surface area (TPSA) is 195 Å². The molecule has 0 bridgehead atoms. The van der Waals surface area contributed by atoms with Crippen molar-refractivity contribution in [1.82, 2.24) is 4.31 Å². The fourth-order valence-electron chi connectivity index (χ4n) is 4.36. The molecule has 2 N–H and O–H groups in total. The second-order valence-electron chi connectivity index (χ2n) is 9.18. The molecule has 1 aliphatic rings. The number of sulfonamides is 2. The molecule has 1 aliphatic heterocycles. The second-order valence-corrected chi connectivity index (χ2v) is 14.6. The molecule has 5 rings (SSSR count). The van der Waals surface area contributed by atoms with Crippen LogP contribution in [0.4, 0.5) is 17.1 Å². The van der Waals surface area contributed by atoms with Crippen LogP contribution in [0.15, 0.2) is 97.7 Å². The maximum Gasteiger partial charge on any atom is 1.00 e. The number of fused-ring (bicyclic) bond motifs is 1. The minimum Gasteiger partial charge on any atom is -0.871 e.